The summed E-state index contributed by atoms with van der Waals surface area (Å²) in [5.74, 6) is 0. The average molecular weight is 263 g/mol. The molecule has 0 heterocycles. The third-order valence-electron chi connectivity index (χ3n) is 1.57. The topological polar surface area (TPSA) is 12.0 Å². The van der Waals surface area contributed by atoms with Crippen LogP contribution < -0.4 is 4.84 Å². The van der Waals surface area contributed by atoms with Crippen LogP contribution in [-0.2, 0) is 0 Å². The molecule has 4 heteroatoms. The molecule has 1 N–H and O–H groups in total. The summed E-state index contributed by atoms with van der Waals surface area (Å²) in [5.41, 5.74) is 0. The predicted molar refractivity (Wildman–Crippen MR) is 44.7 cm³/mol. The van der Waals surface area contributed by atoms with Crippen LogP contribution in [0.15, 0.2) is 0 Å². The predicted octanol–water partition coefficient (Wildman–Crippen LogP) is 2.03. The van der Waals surface area contributed by atoms with Crippen LogP contribution in [0.3, 0.4) is 0 Å². The van der Waals surface area contributed by atoms with Gasteiger partial charge in [0.25, 0.3) is 0 Å². The van der Waals surface area contributed by atoms with Crippen molar-refractivity contribution in [1.82, 2.24) is 4.84 Å². The highest BCUT2D eigenvalue weighted by molar-refractivity contribution is 14.1. The van der Waals surface area contributed by atoms with Crippen molar-refractivity contribution in [3.63, 3.8) is 0 Å². The highest BCUT2D eigenvalue weighted by atomic mass is 127. The van der Waals surface area contributed by atoms with Crippen LogP contribution in [0.4, 0.5) is 4.39 Å². The lowest BCUT2D eigenvalue weighted by Crippen LogP contribution is -2.16. The van der Waals surface area contributed by atoms with Gasteiger partial charge in [0.1, 0.15) is 6.17 Å². The molecule has 3 atom stereocenters. The van der Waals surface area contributed by atoms with E-state index in [1.54, 1.807) is 0 Å². The summed E-state index contributed by atoms with van der Waals surface area (Å²) in [4.78, 5) is 2.55. The van der Waals surface area contributed by atoms with Crippen molar-refractivity contribution >= 4 is 34.4 Å². The van der Waals surface area contributed by atoms with Gasteiger partial charge < -0.3 is 0 Å². The zero-order valence-electron chi connectivity index (χ0n) is 4.78. The fraction of sp³-hybridized carbons (Fsp3) is 1.00. The van der Waals surface area contributed by atoms with Crippen LogP contribution in [-0.4, -0.2) is 16.1 Å². The first-order valence-corrected chi connectivity index (χ1v) is 4.50. The van der Waals surface area contributed by atoms with Gasteiger partial charge in [0.05, 0.1) is 0 Å². The number of alkyl halides is 2. The maximum absolute atomic E-state index is 12.6. The Kier molecular flexibility index (Phi) is 2.98. The maximum atomic E-state index is 12.6. The van der Waals surface area contributed by atoms with Crippen molar-refractivity contribution in [2.45, 2.75) is 29.0 Å². The molecule has 54 valence electrons. The standard InChI is InChI=1S/C5H8ClFIN/c6-9-3-1-4(7)5(8)2-3/h3-5,9H,1-2H2/t3?,4-,5+/m1/s1. The zero-order chi connectivity index (χ0) is 6.85. The minimum absolute atomic E-state index is 0.152. The summed E-state index contributed by atoms with van der Waals surface area (Å²) in [6.07, 6.45) is 0.754. The number of halogens is 3. The first-order chi connectivity index (χ1) is 4.24. The van der Waals surface area contributed by atoms with E-state index in [0.717, 1.165) is 6.42 Å². The third-order valence-corrected chi connectivity index (χ3v) is 3.16. The first-order valence-electron chi connectivity index (χ1n) is 2.88. The normalized spacial score (nSPS) is 43.7. The summed E-state index contributed by atoms with van der Waals surface area (Å²) < 4.78 is 12.8. The van der Waals surface area contributed by atoms with Gasteiger partial charge in [-0.15, -0.1) is 0 Å². The van der Waals surface area contributed by atoms with Gasteiger partial charge in [0.2, 0.25) is 0 Å². The molecular formula is C5H8ClFIN. The number of rotatable bonds is 1. The lowest BCUT2D eigenvalue weighted by Gasteiger charge is -2.01. The Balaban J connectivity index is 2.35. The highest BCUT2D eigenvalue weighted by Gasteiger charge is 2.31. The Hall–Kier alpha value is 0.910. The fourth-order valence-corrected chi connectivity index (χ4v) is 2.11. The van der Waals surface area contributed by atoms with E-state index in [-0.39, 0.29) is 9.97 Å². The van der Waals surface area contributed by atoms with E-state index in [2.05, 4.69) is 27.4 Å². The van der Waals surface area contributed by atoms with Crippen LogP contribution in [0.25, 0.3) is 0 Å². The molecule has 0 saturated heterocycles. The van der Waals surface area contributed by atoms with Gasteiger partial charge in [-0.3, -0.25) is 0 Å². The zero-order valence-corrected chi connectivity index (χ0v) is 7.69. The average Bonchev–Trinajstić information content (AvgIpc) is 2.13. The number of nitrogens with one attached hydrogen (secondary N) is 1. The highest BCUT2D eigenvalue weighted by Crippen LogP contribution is 2.29. The fourth-order valence-electron chi connectivity index (χ4n) is 1.02. The van der Waals surface area contributed by atoms with Gasteiger partial charge in [-0.05, 0) is 24.6 Å². The molecule has 0 aromatic carbocycles. The summed E-state index contributed by atoms with van der Waals surface area (Å²) in [6, 6.07) is 0.184. The molecule has 1 fully saturated rings. The van der Waals surface area contributed by atoms with Crippen molar-refractivity contribution in [1.29, 1.82) is 0 Å². The molecule has 1 nitrogen and oxygen atoms in total. The van der Waals surface area contributed by atoms with Crippen molar-refractivity contribution in [3.8, 4) is 0 Å². The Morgan fingerprint density at radius 1 is 1.56 bits per heavy atom. The van der Waals surface area contributed by atoms with Gasteiger partial charge >= 0.3 is 0 Å². The molecule has 0 spiro atoms. The SMILES string of the molecule is F[C@@H]1CC(NCl)C[C@@H]1I. The minimum Gasteiger partial charge on any atom is -0.246 e. The van der Waals surface area contributed by atoms with Crippen LogP contribution in [0.1, 0.15) is 12.8 Å². The van der Waals surface area contributed by atoms with Crippen LogP contribution in [0.2, 0.25) is 0 Å². The smallest absolute Gasteiger partial charge is 0.113 e. The van der Waals surface area contributed by atoms with E-state index in [1.807, 2.05) is 0 Å². The summed E-state index contributed by atoms with van der Waals surface area (Å²) in [7, 11) is 0. The Morgan fingerprint density at radius 2 is 2.22 bits per heavy atom. The molecule has 1 rings (SSSR count). The van der Waals surface area contributed by atoms with Crippen molar-refractivity contribution in [3.05, 3.63) is 0 Å². The molecule has 0 amide bonds. The van der Waals surface area contributed by atoms with Crippen LogP contribution >= 0.6 is 34.4 Å². The van der Waals surface area contributed by atoms with Gasteiger partial charge in [0.15, 0.2) is 0 Å². The first kappa shape index (κ1) is 8.01. The van der Waals surface area contributed by atoms with E-state index < -0.39 is 6.17 Å². The second kappa shape index (κ2) is 3.34. The maximum Gasteiger partial charge on any atom is 0.113 e. The van der Waals surface area contributed by atoms with Crippen molar-refractivity contribution < 1.29 is 4.39 Å². The van der Waals surface area contributed by atoms with Crippen LogP contribution in [0.5, 0.6) is 0 Å². The lowest BCUT2D eigenvalue weighted by molar-refractivity contribution is 0.349. The van der Waals surface area contributed by atoms with Crippen molar-refractivity contribution in [2.24, 2.45) is 0 Å². The molecule has 1 unspecified atom stereocenters. The molecule has 0 aromatic rings. The van der Waals surface area contributed by atoms with Gasteiger partial charge in [0, 0.05) is 9.97 Å². The lowest BCUT2D eigenvalue weighted by atomic mass is 10.3. The van der Waals surface area contributed by atoms with E-state index >= 15 is 0 Å². The van der Waals surface area contributed by atoms with Gasteiger partial charge in [-0.25, -0.2) is 9.23 Å². The summed E-state index contributed by atoms with van der Waals surface area (Å²) in [6.45, 7) is 0. The molecule has 1 aliphatic carbocycles. The molecule has 0 radical (unpaired) electrons. The number of hydrogen-bond donors (Lipinski definition) is 1. The molecule has 1 saturated carbocycles. The second-order valence-electron chi connectivity index (χ2n) is 2.31. The quantitative estimate of drug-likeness (QED) is 0.434. The monoisotopic (exact) mass is 263 g/mol. The summed E-state index contributed by atoms with van der Waals surface area (Å²) in [5, 5.41) is 0. The minimum atomic E-state index is -0.665. The van der Waals surface area contributed by atoms with Gasteiger partial charge in [-0.2, -0.15) is 0 Å². The molecule has 0 aliphatic heterocycles. The third kappa shape index (κ3) is 1.91. The molecular weight excluding hydrogens is 255 g/mol. The van der Waals surface area contributed by atoms with E-state index in [0.29, 0.717) is 6.42 Å². The van der Waals surface area contributed by atoms with E-state index in [9.17, 15) is 4.39 Å². The largest absolute Gasteiger partial charge is 0.246 e. The molecule has 9 heavy (non-hydrogen) atoms. The molecule has 0 aromatic heterocycles. The second-order valence-corrected chi connectivity index (χ2v) is 4.13. The van der Waals surface area contributed by atoms with Crippen LogP contribution in [0, 0.1) is 0 Å². The Bertz CT molecular complexity index is 93.0. The Labute approximate surface area is 72.6 Å². The van der Waals surface area contributed by atoms with Crippen molar-refractivity contribution in [2.75, 3.05) is 0 Å². The molecule has 0 bridgehead atoms. The summed E-state index contributed by atoms with van der Waals surface area (Å²) >= 11 is 7.44. The Morgan fingerprint density at radius 3 is 2.44 bits per heavy atom. The van der Waals surface area contributed by atoms with E-state index in [1.165, 1.54) is 0 Å². The van der Waals surface area contributed by atoms with E-state index in [4.69, 9.17) is 11.8 Å². The van der Waals surface area contributed by atoms with Gasteiger partial charge in [-0.1, -0.05) is 22.6 Å². The molecule has 1 aliphatic rings. The number of hydrogen-bond acceptors (Lipinski definition) is 1.